The molecule has 18 heavy (non-hydrogen) atoms. The molecule has 0 saturated carbocycles. The highest BCUT2D eigenvalue weighted by Gasteiger charge is 2.27. The van der Waals surface area contributed by atoms with Crippen molar-refractivity contribution in [2.24, 2.45) is 0 Å². The number of hydrogen-bond acceptors (Lipinski definition) is 4. The zero-order valence-electron chi connectivity index (χ0n) is 11.3. The second-order valence-electron chi connectivity index (χ2n) is 5.32. The Morgan fingerprint density at radius 1 is 1.39 bits per heavy atom. The molecule has 0 spiro atoms. The quantitative estimate of drug-likeness (QED) is 0.855. The molecule has 1 aliphatic heterocycles. The first-order valence-electron chi connectivity index (χ1n) is 6.73. The van der Waals surface area contributed by atoms with Crippen molar-refractivity contribution in [1.82, 2.24) is 9.88 Å². The molecule has 1 aromatic rings. The fraction of sp³-hybridized carbons (Fsp3) is 0.643. The van der Waals surface area contributed by atoms with Crippen molar-refractivity contribution in [3.63, 3.8) is 0 Å². The predicted octanol–water partition coefficient (Wildman–Crippen LogP) is 1.86. The Hall–Kier alpha value is -1.13. The third kappa shape index (κ3) is 3.68. The molecule has 1 aliphatic rings. The van der Waals surface area contributed by atoms with Gasteiger partial charge in [0.25, 0.3) is 0 Å². The normalized spacial score (nSPS) is 19.7. The van der Waals surface area contributed by atoms with E-state index < -0.39 is 5.60 Å². The second kappa shape index (κ2) is 5.67. The highest BCUT2D eigenvalue weighted by atomic mass is 16.3. The molecule has 1 saturated heterocycles. The van der Waals surface area contributed by atoms with E-state index in [0.29, 0.717) is 0 Å². The van der Waals surface area contributed by atoms with Crippen LogP contribution in [0.5, 0.6) is 0 Å². The van der Waals surface area contributed by atoms with Crippen LogP contribution in [0.3, 0.4) is 0 Å². The molecule has 0 aliphatic carbocycles. The van der Waals surface area contributed by atoms with E-state index in [-0.39, 0.29) is 0 Å². The van der Waals surface area contributed by atoms with E-state index in [2.05, 4.69) is 28.2 Å². The molecular formula is C14H23N3O. The summed E-state index contributed by atoms with van der Waals surface area (Å²) in [7, 11) is 0. The predicted molar refractivity (Wildman–Crippen MR) is 73.5 cm³/mol. The molecule has 2 rings (SSSR count). The van der Waals surface area contributed by atoms with Crippen LogP contribution < -0.4 is 5.32 Å². The molecule has 0 amide bonds. The van der Waals surface area contributed by atoms with Gasteiger partial charge >= 0.3 is 0 Å². The Morgan fingerprint density at radius 3 is 2.78 bits per heavy atom. The summed E-state index contributed by atoms with van der Waals surface area (Å²) >= 11 is 0. The topological polar surface area (TPSA) is 48.4 Å². The number of pyridine rings is 1. The Labute approximate surface area is 109 Å². The van der Waals surface area contributed by atoms with Crippen LogP contribution in [0.1, 0.15) is 32.4 Å². The molecule has 0 radical (unpaired) electrons. The average molecular weight is 249 g/mol. The van der Waals surface area contributed by atoms with Gasteiger partial charge in [-0.2, -0.15) is 0 Å². The van der Waals surface area contributed by atoms with Crippen molar-refractivity contribution in [3.05, 3.63) is 23.9 Å². The van der Waals surface area contributed by atoms with Crippen molar-refractivity contribution in [2.45, 2.75) is 38.8 Å². The molecule has 1 fully saturated rings. The summed E-state index contributed by atoms with van der Waals surface area (Å²) < 4.78 is 0. The number of nitrogens with zero attached hydrogens (tertiary/aromatic N) is 2. The zero-order valence-corrected chi connectivity index (χ0v) is 11.3. The largest absolute Gasteiger partial charge is 0.390 e. The highest BCUT2D eigenvalue weighted by molar-refractivity contribution is 5.34. The van der Waals surface area contributed by atoms with Gasteiger partial charge in [0.05, 0.1) is 11.3 Å². The van der Waals surface area contributed by atoms with E-state index in [4.69, 9.17) is 0 Å². The number of hydrogen-bond donors (Lipinski definition) is 2. The fourth-order valence-electron chi connectivity index (χ4n) is 2.27. The molecule has 0 aromatic carbocycles. The minimum Gasteiger partial charge on any atom is -0.390 e. The number of aromatic nitrogens is 1. The molecule has 0 bridgehead atoms. The van der Waals surface area contributed by atoms with Crippen LogP contribution in [-0.2, 0) is 6.54 Å². The van der Waals surface area contributed by atoms with Gasteiger partial charge in [0, 0.05) is 26.2 Å². The van der Waals surface area contributed by atoms with E-state index in [1.165, 1.54) is 0 Å². The van der Waals surface area contributed by atoms with E-state index in [9.17, 15) is 5.11 Å². The number of nitrogens with one attached hydrogen (secondary N) is 1. The lowest BCUT2D eigenvalue weighted by Crippen LogP contribution is -2.42. The van der Waals surface area contributed by atoms with Crippen molar-refractivity contribution in [1.29, 1.82) is 0 Å². The summed E-state index contributed by atoms with van der Waals surface area (Å²) in [6.07, 6.45) is 1.69. The van der Waals surface area contributed by atoms with Crippen LogP contribution in [-0.4, -0.2) is 40.2 Å². The smallest absolute Gasteiger partial charge is 0.126 e. The number of anilines is 1. The number of piperidine rings is 1. The van der Waals surface area contributed by atoms with Gasteiger partial charge in [0.2, 0.25) is 0 Å². The SMILES string of the molecule is CCNc1cccc(CN2CCC(C)(O)CC2)n1. The van der Waals surface area contributed by atoms with Gasteiger partial charge in [-0.15, -0.1) is 0 Å². The maximum atomic E-state index is 9.92. The van der Waals surface area contributed by atoms with Crippen LogP contribution >= 0.6 is 0 Å². The van der Waals surface area contributed by atoms with Crippen molar-refractivity contribution in [3.8, 4) is 0 Å². The molecule has 4 nitrogen and oxygen atoms in total. The number of rotatable bonds is 4. The number of likely N-dealkylation sites (tertiary alicyclic amines) is 1. The first-order valence-corrected chi connectivity index (χ1v) is 6.73. The third-order valence-electron chi connectivity index (χ3n) is 3.48. The van der Waals surface area contributed by atoms with Crippen molar-refractivity contribution < 1.29 is 5.11 Å². The highest BCUT2D eigenvalue weighted by Crippen LogP contribution is 2.22. The van der Waals surface area contributed by atoms with Crippen LogP contribution in [0.4, 0.5) is 5.82 Å². The summed E-state index contributed by atoms with van der Waals surface area (Å²) in [5.74, 6) is 0.944. The van der Waals surface area contributed by atoms with Gasteiger partial charge in [-0.3, -0.25) is 4.90 Å². The lowest BCUT2D eigenvalue weighted by molar-refractivity contribution is -0.00756. The lowest BCUT2D eigenvalue weighted by atomic mass is 9.94. The van der Waals surface area contributed by atoms with Crippen molar-refractivity contribution in [2.75, 3.05) is 25.0 Å². The summed E-state index contributed by atoms with van der Waals surface area (Å²) in [4.78, 5) is 6.93. The monoisotopic (exact) mass is 249 g/mol. The van der Waals surface area contributed by atoms with Crippen LogP contribution in [0, 0.1) is 0 Å². The third-order valence-corrected chi connectivity index (χ3v) is 3.48. The van der Waals surface area contributed by atoms with Gasteiger partial charge in [-0.05, 0) is 38.8 Å². The summed E-state index contributed by atoms with van der Waals surface area (Å²) in [5.41, 5.74) is 0.616. The van der Waals surface area contributed by atoms with E-state index in [1.807, 2.05) is 19.1 Å². The standard InChI is InChI=1S/C14H23N3O/c1-3-15-13-6-4-5-12(16-13)11-17-9-7-14(2,18)8-10-17/h4-6,18H,3,7-11H2,1-2H3,(H,15,16). The Morgan fingerprint density at radius 2 is 2.11 bits per heavy atom. The van der Waals surface area contributed by atoms with Crippen LogP contribution in [0.25, 0.3) is 0 Å². The minimum absolute atomic E-state index is 0.477. The Kier molecular flexibility index (Phi) is 4.19. The van der Waals surface area contributed by atoms with E-state index in [0.717, 1.165) is 50.5 Å². The van der Waals surface area contributed by atoms with Gasteiger partial charge in [-0.25, -0.2) is 4.98 Å². The molecule has 0 atom stereocenters. The van der Waals surface area contributed by atoms with Gasteiger partial charge in [-0.1, -0.05) is 6.07 Å². The first-order chi connectivity index (χ1) is 8.59. The van der Waals surface area contributed by atoms with Crippen LogP contribution in [0.2, 0.25) is 0 Å². The molecule has 2 heterocycles. The fourth-order valence-corrected chi connectivity index (χ4v) is 2.27. The zero-order chi connectivity index (χ0) is 13.0. The molecule has 1 aromatic heterocycles. The maximum Gasteiger partial charge on any atom is 0.126 e. The van der Waals surface area contributed by atoms with Gasteiger partial charge in [0.1, 0.15) is 5.82 Å². The van der Waals surface area contributed by atoms with Gasteiger partial charge in [0.15, 0.2) is 0 Å². The molecule has 2 N–H and O–H groups in total. The maximum absolute atomic E-state index is 9.92. The molecular weight excluding hydrogens is 226 g/mol. The summed E-state index contributed by atoms with van der Waals surface area (Å²) in [6, 6.07) is 6.10. The molecule has 0 unspecified atom stereocenters. The Balaban J connectivity index is 1.91. The Bertz CT molecular complexity index is 382. The molecule has 4 heteroatoms. The second-order valence-corrected chi connectivity index (χ2v) is 5.32. The first kappa shape index (κ1) is 13.3. The van der Waals surface area contributed by atoms with Crippen LogP contribution in [0.15, 0.2) is 18.2 Å². The molecule has 100 valence electrons. The lowest BCUT2D eigenvalue weighted by Gasteiger charge is -2.35. The van der Waals surface area contributed by atoms with Gasteiger partial charge < -0.3 is 10.4 Å². The van der Waals surface area contributed by atoms with E-state index in [1.54, 1.807) is 0 Å². The summed E-state index contributed by atoms with van der Waals surface area (Å²) in [6.45, 7) is 7.65. The summed E-state index contributed by atoms with van der Waals surface area (Å²) in [5, 5.41) is 13.1. The van der Waals surface area contributed by atoms with E-state index >= 15 is 0 Å². The van der Waals surface area contributed by atoms with Crippen molar-refractivity contribution >= 4 is 5.82 Å². The average Bonchev–Trinajstić information content (AvgIpc) is 2.33. The number of aliphatic hydroxyl groups is 1. The minimum atomic E-state index is -0.477.